The fraction of sp³-hybridized carbons (Fsp3) is 0.667. The molecule has 104 valence electrons. The van der Waals surface area contributed by atoms with Crippen LogP contribution in [0.15, 0.2) is 6.33 Å². The van der Waals surface area contributed by atoms with Crippen molar-refractivity contribution >= 4 is 11.5 Å². The van der Waals surface area contributed by atoms with Gasteiger partial charge in [-0.2, -0.15) is 5.10 Å². The second kappa shape index (κ2) is 6.21. The van der Waals surface area contributed by atoms with Crippen LogP contribution in [0.3, 0.4) is 0 Å². The maximum Gasteiger partial charge on any atom is 0.138 e. The molecular formula is C12H20N6S. The zero-order valence-electron chi connectivity index (χ0n) is 11.8. The fourth-order valence-electron chi connectivity index (χ4n) is 2.07. The van der Waals surface area contributed by atoms with Gasteiger partial charge < -0.3 is 5.32 Å². The van der Waals surface area contributed by atoms with Crippen molar-refractivity contribution in [2.24, 2.45) is 0 Å². The van der Waals surface area contributed by atoms with Crippen LogP contribution in [0.5, 0.6) is 0 Å². The second-order valence-corrected chi connectivity index (χ2v) is 5.50. The van der Waals surface area contributed by atoms with Crippen LogP contribution < -0.4 is 5.32 Å². The molecule has 2 rings (SSSR count). The summed E-state index contributed by atoms with van der Waals surface area (Å²) < 4.78 is 6.02. The Balaban J connectivity index is 2.23. The molecule has 0 saturated carbocycles. The zero-order chi connectivity index (χ0) is 13.8. The minimum atomic E-state index is 0.187. The van der Waals surface area contributed by atoms with Gasteiger partial charge in [-0.1, -0.05) is 18.3 Å². The van der Waals surface area contributed by atoms with E-state index in [0.29, 0.717) is 5.92 Å². The minimum Gasteiger partial charge on any atom is -0.312 e. The first-order chi connectivity index (χ1) is 9.17. The Hall–Kier alpha value is -1.34. The van der Waals surface area contributed by atoms with E-state index in [-0.39, 0.29) is 6.04 Å². The van der Waals surface area contributed by atoms with Gasteiger partial charge in [0.2, 0.25) is 0 Å². The lowest BCUT2D eigenvalue weighted by molar-refractivity contribution is 0.533. The number of rotatable bonds is 6. The molecule has 0 aromatic carbocycles. The fourth-order valence-corrected chi connectivity index (χ4v) is 2.98. The third kappa shape index (κ3) is 2.98. The normalized spacial score (nSPS) is 13.1. The molecular weight excluding hydrogens is 260 g/mol. The standard InChI is InChI=1S/C12H20N6S/c1-5-18-10(14-7-15-18)6-9(13-4)12-11(8(2)3)16-17-19-12/h7-9,13H,5-6H2,1-4H3. The summed E-state index contributed by atoms with van der Waals surface area (Å²) in [5.74, 6) is 1.37. The molecule has 6 nitrogen and oxygen atoms in total. The summed E-state index contributed by atoms with van der Waals surface area (Å²) in [6.07, 6.45) is 2.41. The summed E-state index contributed by atoms with van der Waals surface area (Å²) in [4.78, 5) is 5.53. The number of likely N-dealkylation sites (N-methyl/N-ethyl adjacent to an activating group) is 1. The molecule has 1 N–H and O–H groups in total. The van der Waals surface area contributed by atoms with Crippen molar-refractivity contribution in [1.82, 2.24) is 29.7 Å². The highest BCUT2D eigenvalue weighted by Crippen LogP contribution is 2.27. The van der Waals surface area contributed by atoms with Crippen LogP contribution in [0.2, 0.25) is 0 Å². The molecule has 0 saturated heterocycles. The lowest BCUT2D eigenvalue weighted by atomic mass is 10.0. The van der Waals surface area contributed by atoms with Gasteiger partial charge in [0.1, 0.15) is 12.2 Å². The first-order valence-corrected chi connectivity index (χ1v) is 7.30. The Morgan fingerprint density at radius 1 is 1.42 bits per heavy atom. The van der Waals surface area contributed by atoms with E-state index >= 15 is 0 Å². The van der Waals surface area contributed by atoms with Crippen molar-refractivity contribution in [3.63, 3.8) is 0 Å². The minimum absolute atomic E-state index is 0.187. The van der Waals surface area contributed by atoms with E-state index in [9.17, 15) is 0 Å². The summed E-state index contributed by atoms with van der Waals surface area (Å²) in [6.45, 7) is 7.19. The highest BCUT2D eigenvalue weighted by molar-refractivity contribution is 7.05. The highest BCUT2D eigenvalue weighted by atomic mass is 32.1. The van der Waals surface area contributed by atoms with Crippen LogP contribution in [0.4, 0.5) is 0 Å². The predicted molar refractivity (Wildman–Crippen MR) is 75.2 cm³/mol. The summed E-state index contributed by atoms with van der Waals surface area (Å²) in [5.41, 5.74) is 1.08. The molecule has 7 heteroatoms. The van der Waals surface area contributed by atoms with Gasteiger partial charge in [0.25, 0.3) is 0 Å². The molecule has 0 radical (unpaired) electrons. The third-order valence-corrected chi connectivity index (χ3v) is 3.99. The van der Waals surface area contributed by atoms with Crippen molar-refractivity contribution in [3.05, 3.63) is 22.7 Å². The van der Waals surface area contributed by atoms with Gasteiger partial charge in [-0.25, -0.2) is 4.98 Å². The van der Waals surface area contributed by atoms with E-state index in [4.69, 9.17) is 0 Å². The number of hydrogen-bond acceptors (Lipinski definition) is 6. The Morgan fingerprint density at radius 3 is 2.84 bits per heavy atom. The molecule has 2 aromatic rings. The molecule has 19 heavy (non-hydrogen) atoms. The van der Waals surface area contributed by atoms with E-state index in [1.54, 1.807) is 6.33 Å². The molecule has 1 unspecified atom stereocenters. The van der Waals surface area contributed by atoms with Gasteiger partial charge in [-0.3, -0.25) is 4.68 Å². The Kier molecular flexibility index (Phi) is 4.60. The molecule has 0 aliphatic carbocycles. The number of aryl methyl sites for hydroxylation is 1. The predicted octanol–water partition coefficient (Wildman–Crippen LogP) is 1.78. The molecule has 0 amide bonds. The number of nitrogens with one attached hydrogen (secondary N) is 1. The molecule has 0 spiro atoms. The van der Waals surface area contributed by atoms with E-state index in [1.807, 2.05) is 11.7 Å². The monoisotopic (exact) mass is 280 g/mol. The molecule has 0 aliphatic heterocycles. The topological polar surface area (TPSA) is 68.5 Å². The van der Waals surface area contributed by atoms with Crippen LogP contribution in [-0.4, -0.2) is 31.4 Å². The SMILES string of the molecule is CCn1ncnc1CC(NC)c1snnc1C(C)C. The quantitative estimate of drug-likeness (QED) is 0.873. The van der Waals surface area contributed by atoms with Crippen molar-refractivity contribution in [1.29, 1.82) is 0 Å². The lowest BCUT2D eigenvalue weighted by Gasteiger charge is -2.16. The summed E-state index contributed by atoms with van der Waals surface area (Å²) in [7, 11) is 1.96. The van der Waals surface area contributed by atoms with E-state index < -0.39 is 0 Å². The third-order valence-electron chi connectivity index (χ3n) is 3.13. The number of aromatic nitrogens is 5. The molecule has 0 aliphatic rings. The van der Waals surface area contributed by atoms with Crippen molar-refractivity contribution < 1.29 is 0 Å². The summed E-state index contributed by atoms with van der Waals surface area (Å²) >= 11 is 1.46. The van der Waals surface area contributed by atoms with Gasteiger partial charge in [0.15, 0.2) is 0 Å². The Labute approximate surface area is 117 Å². The number of hydrogen-bond donors (Lipinski definition) is 1. The zero-order valence-corrected chi connectivity index (χ0v) is 12.6. The van der Waals surface area contributed by atoms with E-state index in [0.717, 1.165) is 24.5 Å². The Morgan fingerprint density at radius 2 is 2.21 bits per heavy atom. The van der Waals surface area contributed by atoms with E-state index in [1.165, 1.54) is 16.4 Å². The van der Waals surface area contributed by atoms with Crippen LogP contribution >= 0.6 is 11.5 Å². The average molecular weight is 280 g/mol. The van der Waals surface area contributed by atoms with Gasteiger partial charge in [-0.15, -0.1) is 5.10 Å². The average Bonchev–Trinajstić information content (AvgIpc) is 3.04. The Bertz CT molecular complexity index is 518. The van der Waals surface area contributed by atoms with Gasteiger partial charge >= 0.3 is 0 Å². The summed E-state index contributed by atoms with van der Waals surface area (Å²) in [6, 6.07) is 0.187. The maximum atomic E-state index is 4.33. The molecule has 2 aromatic heterocycles. The molecule has 2 heterocycles. The highest BCUT2D eigenvalue weighted by Gasteiger charge is 2.21. The van der Waals surface area contributed by atoms with Gasteiger partial charge in [-0.05, 0) is 31.4 Å². The lowest BCUT2D eigenvalue weighted by Crippen LogP contribution is -2.21. The van der Waals surface area contributed by atoms with Crippen molar-refractivity contribution in [2.45, 2.75) is 45.7 Å². The van der Waals surface area contributed by atoms with Crippen LogP contribution in [0.25, 0.3) is 0 Å². The molecule has 0 bridgehead atoms. The van der Waals surface area contributed by atoms with Crippen LogP contribution in [0.1, 0.15) is 49.1 Å². The summed E-state index contributed by atoms with van der Waals surface area (Å²) in [5, 5.41) is 11.8. The van der Waals surface area contributed by atoms with Gasteiger partial charge in [0.05, 0.1) is 16.6 Å². The smallest absolute Gasteiger partial charge is 0.138 e. The van der Waals surface area contributed by atoms with Gasteiger partial charge in [0, 0.05) is 13.0 Å². The second-order valence-electron chi connectivity index (χ2n) is 4.71. The van der Waals surface area contributed by atoms with Crippen molar-refractivity contribution in [2.75, 3.05) is 7.05 Å². The van der Waals surface area contributed by atoms with Crippen molar-refractivity contribution in [3.8, 4) is 0 Å². The number of nitrogens with zero attached hydrogens (tertiary/aromatic N) is 5. The van der Waals surface area contributed by atoms with Crippen LogP contribution in [0, 0.1) is 0 Å². The first kappa shape index (κ1) is 14.1. The largest absolute Gasteiger partial charge is 0.312 e. The molecule has 0 fully saturated rings. The maximum absolute atomic E-state index is 4.33. The van der Waals surface area contributed by atoms with E-state index in [2.05, 4.69) is 45.8 Å². The van der Waals surface area contributed by atoms with Crippen LogP contribution in [-0.2, 0) is 13.0 Å². The molecule has 1 atom stereocenters. The first-order valence-electron chi connectivity index (χ1n) is 6.53.